The minimum absolute atomic E-state index is 0.0709. The lowest BCUT2D eigenvalue weighted by atomic mass is 10.1. The molecule has 11 heteroatoms. The second-order valence-electron chi connectivity index (χ2n) is 7.18. The molecule has 0 aliphatic carbocycles. The number of amides is 2. The zero-order chi connectivity index (χ0) is 22.3. The summed E-state index contributed by atoms with van der Waals surface area (Å²) < 4.78 is 25.6. The van der Waals surface area contributed by atoms with Crippen molar-refractivity contribution < 1.29 is 18.0 Å². The summed E-state index contributed by atoms with van der Waals surface area (Å²) in [6.07, 6.45) is 2.61. The number of nitrogens with zero attached hydrogens (tertiary/aromatic N) is 4. The Morgan fingerprint density at radius 1 is 0.968 bits per heavy atom. The first kappa shape index (κ1) is 21.6. The summed E-state index contributed by atoms with van der Waals surface area (Å²) in [7, 11) is -3.62. The van der Waals surface area contributed by atoms with E-state index in [0.717, 1.165) is 6.26 Å². The third kappa shape index (κ3) is 4.13. The van der Waals surface area contributed by atoms with Crippen molar-refractivity contribution in [3.63, 3.8) is 0 Å². The molecule has 0 unspecified atom stereocenters. The Hall–Kier alpha value is -2.62. The highest BCUT2D eigenvalue weighted by Crippen LogP contribution is 2.24. The summed E-state index contributed by atoms with van der Waals surface area (Å²) in [5.41, 5.74) is 0.838. The second-order valence-corrected chi connectivity index (χ2v) is 9.93. The van der Waals surface area contributed by atoms with E-state index in [-0.39, 0.29) is 40.8 Å². The highest BCUT2D eigenvalue weighted by Gasteiger charge is 2.30. The van der Waals surface area contributed by atoms with Crippen LogP contribution >= 0.6 is 23.2 Å². The SMILES string of the molecule is CS(=O)(=O)c1nc(C(=O)N2CCN(C(=O)c3ccc(Cl)cc3Cl)CC2)c2ccccn12. The van der Waals surface area contributed by atoms with Gasteiger partial charge in [0.25, 0.3) is 11.8 Å². The van der Waals surface area contributed by atoms with Gasteiger partial charge in [-0.3, -0.25) is 14.0 Å². The van der Waals surface area contributed by atoms with Crippen molar-refractivity contribution in [2.45, 2.75) is 5.16 Å². The van der Waals surface area contributed by atoms with Gasteiger partial charge >= 0.3 is 0 Å². The van der Waals surface area contributed by atoms with Crippen molar-refractivity contribution >= 4 is 50.4 Å². The van der Waals surface area contributed by atoms with Crippen LogP contribution in [-0.4, -0.2) is 71.9 Å². The fourth-order valence-electron chi connectivity index (χ4n) is 3.52. The summed E-state index contributed by atoms with van der Waals surface area (Å²) in [4.78, 5) is 33.2. The van der Waals surface area contributed by atoms with Crippen molar-refractivity contribution in [1.29, 1.82) is 0 Å². The van der Waals surface area contributed by atoms with Crippen LogP contribution in [0.2, 0.25) is 10.0 Å². The number of sulfone groups is 1. The first-order valence-electron chi connectivity index (χ1n) is 9.37. The van der Waals surface area contributed by atoms with Crippen molar-refractivity contribution in [2.75, 3.05) is 32.4 Å². The van der Waals surface area contributed by atoms with Gasteiger partial charge in [0.15, 0.2) is 5.69 Å². The van der Waals surface area contributed by atoms with Gasteiger partial charge < -0.3 is 9.80 Å². The van der Waals surface area contributed by atoms with Gasteiger partial charge in [0.1, 0.15) is 0 Å². The Balaban J connectivity index is 1.53. The number of carbonyl (C=O) groups is 2. The number of hydrogen-bond donors (Lipinski definition) is 0. The Morgan fingerprint density at radius 3 is 2.23 bits per heavy atom. The Labute approximate surface area is 188 Å². The molecule has 3 heterocycles. The van der Waals surface area contributed by atoms with E-state index >= 15 is 0 Å². The molecular weight excluding hydrogens is 463 g/mol. The number of fused-ring (bicyclic) bond motifs is 1. The number of rotatable bonds is 3. The molecule has 1 aliphatic rings. The zero-order valence-corrected chi connectivity index (χ0v) is 18.8. The van der Waals surface area contributed by atoms with Crippen LogP contribution in [0.25, 0.3) is 5.52 Å². The van der Waals surface area contributed by atoms with Gasteiger partial charge in [-0.1, -0.05) is 29.3 Å². The zero-order valence-electron chi connectivity index (χ0n) is 16.5. The number of aromatic nitrogens is 2. The van der Waals surface area contributed by atoms with Crippen LogP contribution < -0.4 is 0 Å². The lowest BCUT2D eigenvalue weighted by molar-refractivity contribution is 0.0533. The minimum Gasteiger partial charge on any atom is -0.335 e. The summed E-state index contributed by atoms with van der Waals surface area (Å²) in [6.45, 7) is 1.20. The molecule has 1 aliphatic heterocycles. The first-order valence-corrected chi connectivity index (χ1v) is 12.0. The lowest BCUT2D eigenvalue weighted by Gasteiger charge is -2.34. The Bertz CT molecular complexity index is 1300. The van der Waals surface area contributed by atoms with Crippen molar-refractivity contribution in [3.05, 3.63) is 63.9 Å². The van der Waals surface area contributed by atoms with Crippen molar-refractivity contribution in [2.24, 2.45) is 0 Å². The Kier molecular flexibility index (Phi) is 5.67. The van der Waals surface area contributed by atoms with E-state index in [1.165, 1.54) is 10.5 Å². The van der Waals surface area contributed by atoms with Gasteiger partial charge in [-0.15, -0.1) is 0 Å². The van der Waals surface area contributed by atoms with Crippen molar-refractivity contribution in [1.82, 2.24) is 19.2 Å². The molecule has 2 amide bonds. The fourth-order valence-corrected chi connectivity index (χ4v) is 4.79. The molecule has 8 nitrogen and oxygen atoms in total. The van der Waals surface area contributed by atoms with Crippen LogP contribution in [-0.2, 0) is 9.84 Å². The summed E-state index contributed by atoms with van der Waals surface area (Å²) in [5, 5.41) is 0.532. The van der Waals surface area contributed by atoms with E-state index < -0.39 is 9.84 Å². The van der Waals surface area contributed by atoms with Gasteiger partial charge in [-0.05, 0) is 30.3 Å². The van der Waals surface area contributed by atoms with E-state index in [9.17, 15) is 18.0 Å². The van der Waals surface area contributed by atoms with E-state index in [0.29, 0.717) is 29.2 Å². The van der Waals surface area contributed by atoms with Crippen LogP contribution in [0, 0.1) is 0 Å². The summed E-state index contributed by atoms with van der Waals surface area (Å²) in [6, 6.07) is 9.73. The van der Waals surface area contributed by atoms with Gasteiger partial charge in [-0.2, -0.15) is 0 Å². The largest absolute Gasteiger partial charge is 0.335 e. The fraction of sp³-hybridized carbons (Fsp3) is 0.250. The average Bonchev–Trinajstić information content (AvgIpc) is 3.13. The average molecular weight is 481 g/mol. The van der Waals surface area contributed by atoms with E-state index in [4.69, 9.17) is 23.2 Å². The molecule has 0 bridgehead atoms. The van der Waals surface area contributed by atoms with Crippen LogP contribution in [0.3, 0.4) is 0 Å². The maximum absolute atomic E-state index is 13.1. The molecule has 2 aromatic heterocycles. The molecule has 0 atom stereocenters. The Morgan fingerprint density at radius 2 is 1.61 bits per heavy atom. The van der Waals surface area contributed by atoms with Gasteiger partial charge in [0.2, 0.25) is 15.0 Å². The molecule has 162 valence electrons. The maximum atomic E-state index is 13.1. The molecule has 0 radical (unpaired) electrons. The van der Waals surface area contributed by atoms with Gasteiger partial charge in [0, 0.05) is 43.7 Å². The first-order chi connectivity index (χ1) is 14.7. The number of halogens is 2. The lowest BCUT2D eigenvalue weighted by Crippen LogP contribution is -2.50. The standard InChI is InChI=1S/C20H18Cl2N4O4S/c1-31(29,30)20-23-17(16-4-2-3-7-26(16)20)19(28)25-10-8-24(9-11-25)18(27)14-6-5-13(21)12-15(14)22/h2-7,12H,8-11H2,1H3. The monoisotopic (exact) mass is 480 g/mol. The highest BCUT2D eigenvalue weighted by molar-refractivity contribution is 7.90. The predicted molar refractivity (Wildman–Crippen MR) is 117 cm³/mol. The number of imidazole rings is 1. The maximum Gasteiger partial charge on any atom is 0.274 e. The third-order valence-corrected chi connectivity index (χ3v) is 6.56. The molecule has 1 aromatic carbocycles. The van der Waals surface area contributed by atoms with E-state index in [2.05, 4.69) is 4.98 Å². The van der Waals surface area contributed by atoms with Crippen LogP contribution in [0.1, 0.15) is 20.8 Å². The predicted octanol–water partition coefficient (Wildman–Crippen LogP) is 2.64. The van der Waals surface area contributed by atoms with Gasteiger partial charge in [0.05, 0.1) is 16.1 Å². The molecule has 1 fully saturated rings. The number of pyridine rings is 1. The number of carbonyl (C=O) groups excluding carboxylic acids is 2. The summed E-state index contributed by atoms with van der Waals surface area (Å²) >= 11 is 12.0. The number of benzene rings is 1. The molecular formula is C20H18Cl2N4O4S. The number of hydrogen-bond acceptors (Lipinski definition) is 5. The molecule has 0 spiro atoms. The number of piperazine rings is 1. The topological polar surface area (TPSA) is 92.1 Å². The smallest absolute Gasteiger partial charge is 0.274 e. The second kappa shape index (κ2) is 8.14. The molecule has 1 saturated heterocycles. The quantitative estimate of drug-likeness (QED) is 0.574. The van der Waals surface area contributed by atoms with Crippen molar-refractivity contribution in [3.8, 4) is 0 Å². The molecule has 31 heavy (non-hydrogen) atoms. The summed E-state index contributed by atoms with van der Waals surface area (Å²) in [5.74, 6) is -0.615. The molecule has 0 N–H and O–H groups in total. The van der Waals surface area contributed by atoms with E-state index in [1.807, 2.05) is 0 Å². The normalized spacial score (nSPS) is 14.8. The van der Waals surface area contributed by atoms with Crippen LogP contribution in [0.5, 0.6) is 0 Å². The highest BCUT2D eigenvalue weighted by atomic mass is 35.5. The molecule has 3 aromatic rings. The minimum atomic E-state index is -3.62. The van der Waals surface area contributed by atoms with Gasteiger partial charge in [-0.25, -0.2) is 13.4 Å². The molecule has 4 rings (SSSR count). The molecule has 0 saturated carbocycles. The third-order valence-electron chi connectivity index (χ3n) is 5.07. The van der Waals surface area contributed by atoms with E-state index in [1.54, 1.807) is 46.3 Å². The van der Waals surface area contributed by atoms with Crippen LogP contribution in [0.15, 0.2) is 47.8 Å². The van der Waals surface area contributed by atoms with Crippen LogP contribution in [0.4, 0.5) is 0 Å².